The topological polar surface area (TPSA) is 82.1 Å². The maximum atomic E-state index is 12.7. The van der Waals surface area contributed by atoms with Crippen LogP contribution in [0.3, 0.4) is 0 Å². The smallest absolute Gasteiger partial charge is 0.343 e. The number of esters is 2. The van der Waals surface area contributed by atoms with E-state index in [4.69, 9.17) is 14.2 Å². The fourth-order valence-corrected chi connectivity index (χ4v) is 4.25. The quantitative estimate of drug-likeness (QED) is 0.222. The Bertz CT molecular complexity index is 782. The van der Waals surface area contributed by atoms with E-state index in [1.54, 1.807) is 18.2 Å². The number of rotatable bonds is 16. The van der Waals surface area contributed by atoms with Crippen molar-refractivity contribution in [1.82, 2.24) is 0 Å². The Morgan fingerprint density at radius 2 is 1.62 bits per heavy atom. The zero-order valence-corrected chi connectivity index (χ0v) is 21.6. The molecule has 0 unspecified atom stereocenters. The number of ether oxygens (including phenoxy) is 3. The molecule has 1 heterocycles. The highest BCUT2D eigenvalue weighted by Gasteiger charge is 2.48. The molecule has 1 aromatic rings. The lowest BCUT2D eigenvalue weighted by Crippen LogP contribution is -2.37. The molecule has 34 heavy (non-hydrogen) atoms. The Labute approximate surface area is 205 Å². The number of hydrogen-bond acceptors (Lipinski definition) is 6. The standard InChI is InChI=1S/C28H44O6/c1-5-6-7-8-9-10-11-12-13-14-18-32-23-17-15-16-22-25(23)26(31)34-28(22,20-29)21-33-24(30)19-27(2,3)4/h15-17,29H,5-14,18-21H2,1-4H3/t28-/m1/s1. The van der Waals surface area contributed by atoms with Gasteiger partial charge >= 0.3 is 11.9 Å². The number of aliphatic hydroxyl groups is 1. The van der Waals surface area contributed by atoms with Crippen LogP contribution in [0.4, 0.5) is 0 Å². The SMILES string of the molecule is CCCCCCCCCCCCOc1cccc2c1C(=O)O[C@]2(CO)COC(=O)CC(C)(C)C. The van der Waals surface area contributed by atoms with E-state index in [-0.39, 0.29) is 18.4 Å². The number of hydrogen-bond donors (Lipinski definition) is 1. The van der Waals surface area contributed by atoms with Gasteiger partial charge in [-0.25, -0.2) is 4.79 Å². The van der Waals surface area contributed by atoms with Gasteiger partial charge < -0.3 is 19.3 Å². The lowest BCUT2D eigenvalue weighted by molar-refractivity contribution is -0.156. The van der Waals surface area contributed by atoms with Crippen LogP contribution in [0.15, 0.2) is 18.2 Å². The molecule has 0 bridgehead atoms. The summed E-state index contributed by atoms with van der Waals surface area (Å²) in [5.41, 5.74) is -0.792. The Morgan fingerprint density at radius 1 is 1.00 bits per heavy atom. The molecule has 0 saturated carbocycles. The minimum absolute atomic E-state index is 0.219. The Kier molecular flexibility index (Phi) is 11.4. The molecule has 0 saturated heterocycles. The summed E-state index contributed by atoms with van der Waals surface area (Å²) >= 11 is 0. The van der Waals surface area contributed by atoms with Crippen LogP contribution >= 0.6 is 0 Å². The minimum atomic E-state index is -1.39. The van der Waals surface area contributed by atoms with Gasteiger partial charge in [-0.05, 0) is 17.9 Å². The van der Waals surface area contributed by atoms with Gasteiger partial charge in [0.1, 0.15) is 17.9 Å². The molecule has 1 atom stereocenters. The molecule has 0 fully saturated rings. The maximum absolute atomic E-state index is 12.7. The minimum Gasteiger partial charge on any atom is -0.493 e. The van der Waals surface area contributed by atoms with Gasteiger partial charge in [0, 0.05) is 5.56 Å². The Balaban J connectivity index is 1.84. The van der Waals surface area contributed by atoms with Gasteiger partial charge in [0.2, 0.25) is 0 Å². The average Bonchev–Trinajstić information content (AvgIpc) is 3.08. The van der Waals surface area contributed by atoms with Crippen molar-refractivity contribution >= 4 is 11.9 Å². The fourth-order valence-electron chi connectivity index (χ4n) is 4.25. The number of aliphatic hydroxyl groups excluding tert-OH is 1. The monoisotopic (exact) mass is 476 g/mol. The van der Waals surface area contributed by atoms with Gasteiger partial charge in [0.05, 0.1) is 19.6 Å². The van der Waals surface area contributed by atoms with Gasteiger partial charge in [-0.3, -0.25) is 4.79 Å². The number of cyclic esters (lactones) is 1. The predicted octanol–water partition coefficient (Wildman–Crippen LogP) is 6.32. The molecule has 0 radical (unpaired) electrons. The number of benzene rings is 1. The molecule has 0 amide bonds. The second-order valence-electron chi connectivity index (χ2n) is 10.6. The molecule has 6 heteroatoms. The van der Waals surface area contributed by atoms with E-state index in [1.165, 1.54) is 51.4 Å². The van der Waals surface area contributed by atoms with E-state index in [0.29, 0.717) is 23.5 Å². The maximum Gasteiger partial charge on any atom is 0.343 e. The summed E-state index contributed by atoms with van der Waals surface area (Å²) in [4.78, 5) is 24.9. The third kappa shape index (κ3) is 8.61. The molecule has 1 aliphatic heterocycles. The molecule has 1 aliphatic rings. The molecule has 1 aromatic carbocycles. The van der Waals surface area contributed by atoms with Crippen LogP contribution in [0.5, 0.6) is 5.75 Å². The number of unbranched alkanes of at least 4 members (excludes halogenated alkanes) is 9. The molecule has 192 valence electrons. The van der Waals surface area contributed by atoms with Crippen molar-refractivity contribution in [2.24, 2.45) is 5.41 Å². The third-order valence-electron chi connectivity index (χ3n) is 6.16. The first-order valence-electron chi connectivity index (χ1n) is 13.0. The summed E-state index contributed by atoms with van der Waals surface area (Å²) in [5, 5.41) is 10.1. The summed E-state index contributed by atoms with van der Waals surface area (Å²) in [6.45, 7) is 7.89. The lowest BCUT2D eigenvalue weighted by atomic mass is 9.92. The zero-order valence-electron chi connectivity index (χ0n) is 21.6. The Morgan fingerprint density at radius 3 is 2.21 bits per heavy atom. The molecular formula is C28H44O6. The highest BCUT2D eigenvalue weighted by Crippen LogP contribution is 2.41. The number of fused-ring (bicyclic) bond motifs is 1. The highest BCUT2D eigenvalue weighted by molar-refractivity contribution is 5.97. The second-order valence-corrected chi connectivity index (χ2v) is 10.6. The first-order chi connectivity index (χ1) is 16.2. The molecule has 1 N–H and O–H groups in total. The summed E-state index contributed by atoms with van der Waals surface area (Å²) in [6, 6.07) is 5.24. The van der Waals surface area contributed by atoms with Crippen LogP contribution in [-0.4, -0.2) is 36.9 Å². The Hall–Kier alpha value is -2.08. The summed E-state index contributed by atoms with van der Waals surface area (Å²) in [6.07, 6.45) is 12.7. The average molecular weight is 477 g/mol. The second kappa shape index (κ2) is 13.7. The molecular weight excluding hydrogens is 432 g/mol. The molecule has 2 rings (SSSR count). The van der Waals surface area contributed by atoms with E-state index in [0.717, 1.165) is 12.8 Å². The van der Waals surface area contributed by atoms with E-state index in [9.17, 15) is 14.7 Å². The van der Waals surface area contributed by atoms with Crippen molar-refractivity contribution < 1.29 is 28.9 Å². The highest BCUT2D eigenvalue weighted by atomic mass is 16.6. The van der Waals surface area contributed by atoms with E-state index >= 15 is 0 Å². The van der Waals surface area contributed by atoms with Crippen LogP contribution in [0.25, 0.3) is 0 Å². The summed E-state index contributed by atoms with van der Waals surface area (Å²) in [5.74, 6) is -0.498. The zero-order chi connectivity index (χ0) is 25.0. The van der Waals surface area contributed by atoms with Gasteiger partial charge in [0.25, 0.3) is 0 Å². The van der Waals surface area contributed by atoms with Crippen molar-refractivity contribution in [3.63, 3.8) is 0 Å². The van der Waals surface area contributed by atoms with Crippen molar-refractivity contribution in [3.05, 3.63) is 29.3 Å². The largest absolute Gasteiger partial charge is 0.493 e. The van der Waals surface area contributed by atoms with Crippen LogP contribution in [0, 0.1) is 5.41 Å². The van der Waals surface area contributed by atoms with Gasteiger partial charge in [-0.1, -0.05) is 97.6 Å². The predicted molar refractivity (Wildman–Crippen MR) is 133 cm³/mol. The lowest BCUT2D eigenvalue weighted by Gasteiger charge is -2.27. The number of carbonyl (C=O) groups excluding carboxylic acids is 2. The number of carbonyl (C=O) groups is 2. The third-order valence-corrected chi connectivity index (χ3v) is 6.16. The van der Waals surface area contributed by atoms with Crippen LogP contribution in [-0.2, 0) is 19.9 Å². The van der Waals surface area contributed by atoms with Crippen molar-refractivity contribution in [3.8, 4) is 5.75 Å². The van der Waals surface area contributed by atoms with Crippen molar-refractivity contribution in [1.29, 1.82) is 0 Å². The van der Waals surface area contributed by atoms with Crippen molar-refractivity contribution in [2.45, 2.75) is 104 Å². The van der Waals surface area contributed by atoms with Gasteiger partial charge in [0.15, 0.2) is 5.60 Å². The molecule has 6 nitrogen and oxygen atoms in total. The van der Waals surface area contributed by atoms with E-state index < -0.39 is 24.1 Å². The molecule has 0 aliphatic carbocycles. The normalized spacial score (nSPS) is 17.4. The van der Waals surface area contributed by atoms with Crippen LogP contribution < -0.4 is 4.74 Å². The molecule has 0 aromatic heterocycles. The van der Waals surface area contributed by atoms with Crippen LogP contribution in [0.1, 0.15) is 114 Å². The fraction of sp³-hybridized carbons (Fsp3) is 0.714. The van der Waals surface area contributed by atoms with Gasteiger partial charge in [-0.15, -0.1) is 0 Å². The van der Waals surface area contributed by atoms with E-state index in [2.05, 4.69) is 6.92 Å². The first-order valence-corrected chi connectivity index (χ1v) is 13.0. The van der Waals surface area contributed by atoms with E-state index in [1.807, 2.05) is 20.8 Å². The van der Waals surface area contributed by atoms with Gasteiger partial charge in [-0.2, -0.15) is 0 Å². The first kappa shape index (κ1) is 28.2. The van der Waals surface area contributed by atoms with Crippen molar-refractivity contribution in [2.75, 3.05) is 19.8 Å². The summed E-state index contributed by atoms with van der Waals surface area (Å²) < 4.78 is 16.9. The molecule has 0 spiro atoms. The van der Waals surface area contributed by atoms with Crippen LogP contribution in [0.2, 0.25) is 0 Å². The summed E-state index contributed by atoms with van der Waals surface area (Å²) in [7, 11) is 0.